The summed E-state index contributed by atoms with van der Waals surface area (Å²) in [5, 5.41) is 0. The average Bonchev–Trinajstić information content (AvgIpc) is 2.85. The van der Waals surface area contributed by atoms with Gasteiger partial charge in [0, 0.05) is 46.4 Å². The molecule has 1 unspecified atom stereocenters. The fourth-order valence-electron chi connectivity index (χ4n) is 3.71. The van der Waals surface area contributed by atoms with E-state index in [9.17, 15) is 17.6 Å². The van der Waals surface area contributed by atoms with Gasteiger partial charge in [0.1, 0.15) is 5.82 Å². The zero-order chi connectivity index (χ0) is 19.4. The lowest BCUT2D eigenvalue weighted by Crippen LogP contribution is -2.44. The van der Waals surface area contributed by atoms with Gasteiger partial charge in [0.15, 0.2) is 0 Å². The standard InChI is InChI=1S/C18H26FN3O4S/c1-26-14-13-21-10-7-17(18(21)23)20-8-2-9-22(12-11-20)27(24,25)16-5-3-15(19)4-6-16/h3-6,17H,2,7-14H2,1H3. The molecule has 2 aliphatic rings. The summed E-state index contributed by atoms with van der Waals surface area (Å²) in [4.78, 5) is 16.6. The Bertz CT molecular complexity index is 756. The molecule has 7 nitrogen and oxygen atoms in total. The van der Waals surface area contributed by atoms with Crippen molar-refractivity contribution < 1.29 is 22.3 Å². The Balaban J connectivity index is 1.64. The molecule has 2 aliphatic heterocycles. The highest BCUT2D eigenvalue weighted by Crippen LogP contribution is 2.22. The van der Waals surface area contributed by atoms with Gasteiger partial charge in [0.05, 0.1) is 17.5 Å². The second kappa shape index (κ2) is 8.64. The average molecular weight is 399 g/mol. The fourth-order valence-corrected chi connectivity index (χ4v) is 5.18. The van der Waals surface area contributed by atoms with Crippen molar-refractivity contribution in [3.05, 3.63) is 30.1 Å². The summed E-state index contributed by atoms with van der Waals surface area (Å²) in [5.74, 6) is -0.365. The molecule has 3 rings (SSSR count). The summed E-state index contributed by atoms with van der Waals surface area (Å²) in [6.45, 7) is 3.72. The summed E-state index contributed by atoms with van der Waals surface area (Å²) < 4.78 is 45.2. The number of ether oxygens (including phenoxy) is 1. The van der Waals surface area contributed by atoms with Crippen LogP contribution in [0.25, 0.3) is 0 Å². The minimum atomic E-state index is -3.66. The van der Waals surface area contributed by atoms with E-state index in [1.807, 2.05) is 4.90 Å². The monoisotopic (exact) mass is 399 g/mol. The Kier molecular flexibility index (Phi) is 6.46. The molecule has 0 bridgehead atoms. The number of nitrogens with zero attached hydrogens (tertiary/aromatic N) is 3. The Labute approximate surface area is 159 Å². The molecule has 1 amide bonds. The summed E-state index contributed by atoms with van der Waals surface area (Å²) in [7, 11) is -2.04. The SMILES string of the molecule is COCCN1CCC(N2CCCN(S(=O)(=O)c3ccc(F)cc3)CC2)C1=O. The molecule has 0 N–H and O–H groups in total. The maximum atomic E-state index is 13.1. The smallest absolute Gasteiger partial charge is 0.243 e. The van der Waals surface area contributed by atoms with Gasteiger partial charge in [-0.25, -0.2) is 12.8 Å². The van der Waals surface area contributed by atoms with Crippen molar-refractivity contribution in [2.75, 3.05) is 53.0 Å². The van der Waals surface area contributed by atoms with Gasteiger partial charge in [0.25, 0.3) is 0 Å². The molecular weight excluding hydrogens is 373 g/mol. The van der Waals surface area contributed by atoms with Crippen molar-refractivity contribution in [3.8, 4) is 0 Å². The molecule has 2 heterocycles. The van der Waals surface area contributed by atoms with Crippen LogP contribution in [0.3, 0.4) is 0 Å². The van der Waals surface area contributed by atoms with Gasteiger partial charge in [-0.2, -0.15) is 4.31 Å². The predicted molar refractivity (Wildman–Crippen MR) is 98.2 cm³/mol. The number of carbonyl (C=O) groups excluding carboxylic acids is 1. The zero-order valence-electron chi connectivity index (χ0n) is 15.5. The van der Waals surface area contributed by atoms with Gasteiger partial charge in [-0.15, -0.1) is 0 Å². The molecule has 1 aromatic rings. The number of halogens is 1. The van der Waals surface area contributed by atoms with Crippen LogP contribution in [0.1, 0.15) is 12.8 Å². The zero-order valence-corrected chi connectivity index (χ0v) is 16.3. The van der Waals surface area contributed by atoms with Crippen LogP contribution in [0, 0.1) is 5.82 Å². The van der Waals surface area contributed by atoms with E-state index >= 15 is 0 Å². The number of hydrogen-bond acceptors (Lipinski definition) is 5. The maximum absolute atomic E-state index is 13.1. The van der Waals surface area contributed by atoms with Crippen LogP contribution >= 0.6 is 0 Å². The largest absolute Gasteiger partial charge is 0.383 e. The number of hydrogen-bond donors (Lipinski definition) is 0. The van der Waals surface area contributed by atoms with E-state index < -0.39 is 15.8 Å². The van der Waals surface area contributed by atoms with Crippen LogP contribution in [0.4, 0.5) is 4.39 Å². The van der Waals surface area contributed by atoms with Crippen LogP contribution in [-0.2, 0) is 19.6 Å². The van der Waals surface area contributed by atoms with Crippen molar-refractivity contribution in [1.29, 1.82) is 0 Å². The molecule has 27 heavy (non-hydrogen) atoms. The van der Waals surface area contributed by atoms with Crippen LogP contribution in [0.5, 0.6) is 0 Å². The van der Waals surface area contributed by atoms with Gasteiger partial charge >= 0.3 is 0 Å². The van der Waals surface area contributed by atoms with E-state index in [2.05, 4.69) is 4.90 Å². The van der Waals surface area contributed by atoms with E-state index in [1.165, 1.54) is 16.4 Å². The van der Waals surface area contributed by atoms with Crippen LogP contribution in [0.15, 0.2) is 29.2 Å². The Morgan fingerprint density at radius 1 is 1.11 bits per heavy atom. The highest BCUT2D eigenvalue weighted by atomic mass is 32.2. The molecule has 150 valence electrons. The van der Waals surface area contributed by atoms with Crippen LogP contribution in [0.2, 0.25) is 0 Å². The molecule has 0 spiro atoms. The number of likely N-dealkylation sites (tertiary alicyclic amines) is 1. The summed E-state index contributed by atoms with van der Waals surface area (Å²) in [6, 6.07) is 4.71. The van der Waals surface area contributed by atoms with Crippen LogP contribution < -0.4 is 0 Å². The maximum Gasteiger partial charge on any atom is 0.243 e. The molecule has 0 aromatic heterocycles. The minimum Gasteiger partial charge on any atom is -0.383 e. The highest BCUT2D eigenvalue weighted by Gasteiger charge is 2.37. The molecule has 0 aliphatic carbocycles. The summed E-state index contributed by atoms with van der Waals surface area (Å²) in [6.07, 6.45) is 1.41. The first-order valence-electron chi connectivity index (χ1n) is 9.21. The normalized spacial score (nSPS) is 23.0. The third-order valence-corrected chi connectivity index (χ3v) is 7.13. The molecule has 0 saturated carbocycles. The molecular formula is C18H26FN3O4S. The van der Waals surface area contributed by atoms with Gasteiger partial charge < -0.3 is 9.64 Å². The van der Waals surface area contributed by atoms with Crippen molar-refractivity contribution in [2.24, 2.45) is 0 Å². The van der Waals surface area contributed by atoms with E-state index in [-0.39, 0.29) is 16.8 Å². The van der Waals surface area contributed by atoms with Crippen molar-refractivity contribution in [3.63, 3.8) is 0 Å². The van der Waals surface area contributed by atoms with E-state index in [1.54, 1.807) is 7.11 Å². The first kappa shape index (κ1) is 20.2. The number of methoxy groups -OCH3 is 1. The van der Waals surface area contributed by atoms with Crippen molar-refractivity contribution in [2.45, 2.75) is 23.8 Å². The first-order chi connectivity index (χ1) is 12.9. The number of rotatable bonds is 6. The fraction of sp³-hybridized carbons (Fsp3) is 0.611. The third kappa shape index (κ3) is 4.48. The van der Waals surface area contributed by atoms with Crippen molar-refractivity contribution >= 4 is 15.9 Å². The van der Waals surface area contributed by atoms with Gasteiger partial charge in [-0.05, 0) is 37.1 Å². The number of amides is 1. The van der Waals surface area contributed by atoms with Gasteiger partial charge in [-0.3, -0.25) is 9.69 Å². The molecule has 1 aromatic carbocycles. The topological polar surface area (TPSA) is 70.2 Å². The lowest BCUT2D eigenvalue weighted by Gasteiger charge is -2.26. The second-order valence-electron chi connectivity index (χ2n) is 6.87. The Hall–Kier alpha value is -1.55. The third-order valence-electron chi connectivity index (χ3n) is 5.22. The lowest BCUT2D eigenvalue weighted by molar-refractivity contribution is -0.132. The van der Waals surface area contributed by atoms with Crippen molar-refractivity contribution in [1.82, 2.24) is 14.1 Å². The number of sulfonamides is 1. The molecule has 0 radical (unpaired) electrons. The molecule has 2 fully saturated rings. The Morgan fingerprint density at radius 3 is 2.56 bits per heavy atom. The summed E-state index contributed by atoms with van der Waals surface area (Å²) in [5.41, 5.74) is 0. The molecule has 9 heteroatoms. The quantitative estimate of drug-likeness (QED) is 0.707. The predicted octanol–water partition coefficient (Wildman–Crippen LogP) is 0.769. The first-order valence-corrected chi connectivity index (χ1v) is 10.6. The second-order valence-corrected chi connectivity index (χ2v) is 8.81. The molecule has 2 saturated heterocycles. The van der Waals surface area contributed by atoms with E-state index in [4.69, 9.17) is 4.74 Å². The lowest BCUT2D eigenvalue weighted by atomic mass is 10.2. The number of carbonyl (C=O) groups is 1. The molecule has 1 atom stereocenters. The Morgan fingerprint density at radius 2 is 1.85 bits per heavy atom. The highest BCUT2D eigenvalue weighted by molar-refractivity contribution is 7.89. The summed E-state index contributed by atoms with van der Waals surface area (Å²) >= 11 is 0. The van der Waals surface area contributed by atoms with Gasteiger partial charge in [0.2, 0.25) is 15.9 Å². The van der Waals surface area contributed by atoms with E-state index in [0.717, 1.165) is 18.6 Å². The van der Waals surface area contributed by atoms with Gasteiger partial charge in [-0.1, -0.05) is 0 Å². The van der Waals surface area contributed by atoms with Crippen LogP contribution in [-0.4, -0.2) is 87.5 Å². The van der Waals surface area contributed by atoms with E-state index in [0.29, 0.717) is 52.3 Å². The minimum absolute atomic E-state index is 0.0973. The number of benzene rings is 1.